The Morgan fingerprint density at radius 2 is 1.02 bits per heavy atom. The van der Waals surface area contributed by atoms with E-state index in [0.29, 0.717) is 13.1 Å². The topological polar surface area (TPSA) is 175 Å². The average molecular weight is 679 g/mol. The van der Waals surface area contributed by atoms with Crippen LogP contribution >= 0.6 is 0 Å². The zero-order valence-electron chi connectivity index (χ0n) is 27.7. The zero-order valence-corrected chi connectivity index (χ0v) is 27.7. The lowest BCUT2D eigenvalue weighted by atomic mass is 10.0. The number of likely N-dealkylation sites (tertiary alicyclic amines) is 2. The first-order chi connectivity index (χ1) is 24.2. The Kier molecular flexibility index (Phi) is 8.00. The molecule has 4 aromatic rings. The number of ether oxygens (including phenoxy) is 2. The molecule has 8 rings (SSSR count). The summed E-state index contributed by atoms with van der Waals surface area (Å²) in [6.07, 6.45) is 4.72. The number of nitrogens with zero attached hydrogens (tertiary/aromatic N) is 4. The quantitative estimate of drug-likeness (QED) is 0.222. The van der Waals surface area contributed by atoms with Crippen molar-refractivity contribution in [1.82, 2.24) is 40.4 Å². The molecule has 0 aliphatic carbocycles. The maximum Gasteiger partial charge on any atom is 0.408 e. The van der Waals surface area contributed by atoms with Crippen molar-refractivity contribution in [2.24, 2.45) is 0 Å². The lowest BCUT2D eigenvalue weighted by Gasteiger charge is -2.26. The molecule has 4 amide bonds. The Hall–Kier alpha value is -5.66. The molecule has 0 spiro atoms. The third kappa shape index (κ3) is 5.73. The number of alkyl carbamates (subject to hydrolysis) is 2. The molecule has 258 valence electrons. The SMILES string of the molecule is C[C@H]1OC(=O)NC1C(=O)N1CCC[C@H]1c1ncc(-c2ccc(-c3ccc(-c4cnc([C@@H]5CCCN5C(=O)[C@@H]5NC(=O)O[C@@H]5C)[nH]4)cc3)cc2)[nH]1. The normalized spacial score (nSPS) is 26.1. The third-order valence-corrected chi connectivity index (χ3v) is 10.2. The second kappa shape index (κ2) is 12.7. The summed E-state index contributed by atoms with van der Waals surface area (Å²) < 4.78 is 10.2. The molecule has 4 aliphatic heterocycles. The van der Waals surface area contributed by atoms with Crippen LogP contribution in [0.3, 0.4) is 0 Å². The maximum absolute atomic E-state index is 13.2. The molecule has 0 bridgehead atoms. The highest BCUT2D eigenvalue weighted by molar-refractivity contribution is 5.90. The smallest absolute Gasteiger partial charge is 0.408 e. The number of carbonyl (C=O) groups excluding carboxylic acids is 4. The number of nitrogens with one attached hydrogen (secondary N) is 4. The Balaban J connectivity index is 0.921. The maximum atomic E-state index is 13.2. The second-order valence-corrected chi connectivity index (χ2v) is 13.4. The lowest BCUT2D eigenvalue weighted by molar-refractivity contribution is -0.136. The molecule has 2 aromatic heterocycles. The molecule has 0 saturated carbocycles. The summed E-state index contributed by atoms with van der Waals surface area (Å²) in [7, 11) is 0. The highest BCUT2D eigenvalue weighted by Crippen LogP contribution is 2.35. The molecule has 4 fully saturated rings. The third-order valence-electron chi connectivity index (χ3n) is 10.2. The van der Waals surface area contributed by atoms with Gasteiger partial charge in [-0.25, -0.2) is 19.6 Å². The summed E-state index contributed by atoms with van der Waals surface area (Å²) in [6, 6.07) is 14.7. The minimum Gasteiger partial charge on any atom is -0.444 e. The molecule has 4 saturated heterocycles. The van der Waals surface area contributed by atoms with Gasteiger partial charge in [0, 0.05) is 13.1 Å². The van der Waals surface area contributed by atoms with Gasteiger partial charge < -0.3 is 39.9 Å². The number of aromatic amines is 2. The van der Waals surface area contributed by atoms with Crippen molar-refractivity contribution in [2.75, 3.05) is 13.1 Å². The van der Waals surface area contributed by atoms with Gasteiger partial charge in [-0.3, -0.25) is 9.59 Å². The number of hydrogen-bond donors (Lipinski definition) is 4. The van der Waals surface area contributed by atoms with Crippen molar-refractivity contribution in [1.29, 1.82) is 0 Å². The van der Waals surface area contributed by atoms with Crippen LogP contribution in [0.2, 0.25) is 0 Å². The van der Waals surface area contributed by atoms with Crippen LogP contribution in [-0.4, -0.2) is 91.1 Å². The minimum absolute atomic E-state index is 0.151. The fraction of sp³-hybridized carbons (Fsp3) is 0.389. The summed E-state index contributed by atoms with van der Waals surface area (Å²) in [4.78, 5) is 69.5. The predicted octanol–water partition coefficient (Wildman–Crippen LogP) is 4.45. The lowest BCUT2D eigenvalue weighted by Crippen LogP contribution is -2.47. The van der Waals surface area contributed by atoms with E-state index in [9.17, 15) is 19.2 Å². The summed E-state index contributed by atoms with van der Waals surface area (Å²) in [5.41, 5.74) is 5.80. The van der Waals surface area contributed by atoms with E-state index in [0.717, 1.165) is 71.0 Å². The number of imidazole rings is 2. The Morgan fingerprint density at radius 1 is 0.640 bits per heavy atom. The molecule has 14 nitrogen and oxygen atoms in total. The van der Waals surface area contributed by atoms with Crippen LogP contribution in [0.1, 0.15) is 63.3 Å². The first-order valence-corrected chi connectivity index (χ1v) is 17.1. The molecule has 0 radical (unpaired) electrons. The number of carbonyl (C=O) groups is 4. The van der Waals surface area contributed by atoms with E-state index in [1.54, 1.807) is 36.0 Å². The van der Waals surface area contributed by atoms with Gasteiger partial charge in [-0.05, 0) is 61.8 Å². The Labute approximate surface area is 287 Å². The molecule has 4 N–H and O–H groups in total. The van der Waals surface area contributed by atoms with E-state index in [-0.39, 0.29) is 23.9 Å². The van der Waals surface area contributed by atoms with Crippen LogP contribution in [0, 0.1) is 0 Å². The summed E-state index contributed by atoms with van der Waals surface area (Å²) >= 11 is 0. The van der Waals surface area contributed by atoms with Crippen LogP contribution in [0.4, 0.5) is 9.59 Å². The van der Waals surface area contributed by atoms with Gasteiger partial charge in [0.1, 0.15) is 35.9 Å². The van der Waals surface area contributed by atoms with Gasteiger partial charge in [0.2, 0.25) is 11.8 Å². The van der Waals surface area contributed by atoms with Gasteiger partial charge in [-0.2, -0.15) is 0 Å². The molecule has 2 aromatic carbocycles. The van der Waals surface area contributed by atoms with Gasteiger partial charge >= 0.3 is 12.2 Å². The van der Waals surface area contributed by atoms with E-state index < -0.39 is 36.5 Å². The highest BCUT2D eigenvalue weighted by Gasteiger charge is 2.44. The number of benzene rings is 2. The summed E-state index contributed by atoms with van der Waals surface area (Å²) in [6.45, 7) is 4.65. The van der Waals surface area contributed by atoms with Gasteiger partial charge in [-0.1, -0.05) is 48.5 Å². The number of rotatable bonds is 7. The molecular weight excluding hydrogens is 640 g/mol. The Morgan fingerprint density at radius 3 is 1.38 bits per heavy atom. The molecule has 4 aliphatic rings. The van der Waals surface area contributed by atoms with E-state index >= 15 is 0 Å². The molecule has 6 atom stereocenters. The fourth-order valence-corrected chi connectivity index (χ4v) is 7.53. The summed E-state index contributed by atoms with van der Waals surface area (Å²) in [5, 5.41) is 5.26. The van der Waals surface area contributed by atoms with Crippen molar-refractivity contribution in [2.45, 2.75) is 75.9 Å². The van der Waals surface area contributed by atoms with Crippen LogP contribution in [-0.2, 0) is 19.1 Å². The number of amides is 4. The van der Waals surface area contributed by atoms with E-state index in [1.165, 1.54) is 0 Å². The van der Waals surface area contributed by atoms with Crippen LogP contribution in [0.25, 0.3) is 33.6 Å². The standard InChI is InChI=1S/C36H38N8O6/c1-19-29(41-35(47)49-19)33(45)43-15-3-5-27(43)31-37-17-25(39-31)23-11-7-21(8-12-23)22-9-13-24(14-10-22)26-18-38-32(40-26)28-6-4-16-44(28)34(46)30-20(2)50-36(48)42-30/h7-14,17-20,27-30H,3-6,15-16H2,1-2H3,(H,37,39)(H,38,40)(H,41,47)(H,42,48)/t19-,20-,27+,28+,29-,30?/m1/s1. The molecule has 50 heavy (non-hydrogen) atoms. The predicted molar refractivity (Wildman–Crippen MR) is 180 cm³/mol. The second-order valence-electron chi connectivity index (χ2n) is 13.4. The van der Waals surface area contributed by atoms with Crippen LogP contribution < -0.4 is 10.6 Å². The van der Waals surface area contributed by atoms with E-state index in [1.807, 2.05) is 24.3 Å². The summed E-state index contributed by atoms with van der Waals surface area (Å²) in [5.74, 6) is 1.15. The molecule has 1 unspecified atom stereocenters. The zero-order chi connectivity index (χ0) is 34.5. The Bertz CT molecular complexity index is 1800. The van der Waals surface area contributed by atoms with Crippen LogP contribution in [0.5, 0.6) is 0 Å². The monoisotopic (exact) mass is 678 g/mol. The number of hydrogen-bond acceptors (Lipinski definition) is 8. The molecule has 14 heteroatoms. The number of H-pyrrole nitrogens is 2. The first kappa shape index (κ1) is 31.6. The van der Waals surface area contributed by atoms with Gasteiger partial charge in [0.15, 0.2) is 0 Å². The number of cyclic esters (lactones) is 2. The van der Waals surface area contributed by atoms with Crippen molar-refractivity contribution in [3.8, 4) is 33.6 Å². The van der Waals surface area contributed by atoms with E-state index in [2.05, 4.69) is 54.8 Å². The highest BCUT2D eigenvalue weighted by atomic mass is 16.6. The van der Waals surface area contributed by atoms with Crippen molar-refractivity contribution in [3.63, 3.8) is 0 Å². The van der Waals surface area contributed by atoms with Crippen molar-refractivity contribution >= 4 is 24.0 Å². The van der Waals surface area contributed by atoms with Crippen molar-refractivity contribution < 1.29 is 28.7 Å². The van der Waals surface area contributed by atoms with Crippen molar-refractivity contribution in [3.05, 3.63) is 72.6 Å². The first-order valence-electron chi connectivity index (χ1n) is 17.1. The molecular formula is C36H38N8O6. The average Bonchev–Trinajstić information content (AvgIpc) is 3.97. The van der Waals surface area contributed by atoms with E-state index in [4.69, 9.17) is 9.47 Å². The van der Waals surface area contributed by atoms with Crippen LogP contribution in [0.15, 0.2) is 60.9 Å². The van der Waals surface area contributed by atoms with Gasteiger partial charge in [0.05, 0.1) is 35.9 Å². The van der Waals surface area contributed by atoms with Gasteiger partial charge in [-0.15, -0.1) is 0 Å². The molecule has 6 heterocycles. The minimum atomic E-state index is -0.690. The largest absolute Gasteiger partial charge is 0.444 e. The number of aromatic nitrogens is 4. The fourth-order valence-electron chi connectivity index (χ4n) is 7.53. The van der Waals surface area contributed by atoms with Gasteiger partial charge in [0.25, 0.3) is 0 Å².